The van der Waals surface area contributed by atoms with E-state index in [1.165, 1.54) is 12.3 Å². The molecule has 0 aliphatic carbocycles. The Morgan fingerprint density at radius 2 is 1.79 bits per heavy atom. The highest BCUT2D eigenvalue weighted by atomic mass is 32.1. The molecule has 72 valence electrons. The second-order valence-electron chi connectivity index (χ2n) is 2.72. The van der Waals surface area contributed by atoms with Crippen molar-refractivity contribution in [3.8, 4) is 0 Å². The van der Waals surface area contributed by atoms with E-state index < -0.39 is 0 Å². The lowest BCUT2D eigenvalue weighted by atomic mass is 10.2. The van der Waals surface area contributed by atoms with Gasteiger partial charge >= 0.3 is 0 Å². The number of hydrogen-bond donors (Lipinski definition) is 1. The highest BCUT2D eigenvalue weighted by Crippen LogP contribution is 2.07. The van der Waals surface area contributed by atoms with E-state index in [4.69, 9.17) is 0 Å². The minimum absolute atomic E-state index is 0.139. The highest BCUT2D eigenvalue weighted by Gasteiger charge is 1.86. The van der Waals surface area contributed by atoms with E-state index in [0.717, 1.165) is 5.52 Å². The summed E-state index contributed by atoms with van der Waals surface area (Å²) in [7, 11) is 0. The van der Waals surface area contributed by atoms with Crippen molar-refractivity contribution in [1.29, 1.82) is 0 Å². The van der Waals surface area contributed by atoms with Crippen molar-refractivity contribution in [3.05, 3.63) is 42.6 Å². The molecule has 0 bridgehead atoms. The van der Waals surface area contributed by atoms with Crippen molar-refractivity contribution in [2.24, 2.45) is 0 Å². The van der Waals surface area contributed by atoms with Gasteiger partial charge in [-0.1, -0.05) is 24.3 Å². The number of carbonyl (C=O) groups excluding carboxylic acids is 1. The summed E-state index contributed by atoms with van der Waals surface area (Å²) in [4.78, 5) is 13.5. The topological polar surface area (TPSA) is 30.0 Å². The van der Waals surface area contributed by atoms with Crippen molar-refractivity contribution >= 4 is 28.6 Å². The van der Waals surface area contributed by atoms with Gasteiger partial charge in [0.25, 0.3) is 0 Å². The molecule has 0 atom stereocenters. The van der Waals surface area contributed by atoms with E-state index in [-0.39, 0.29) is 5.12 Å². The lowest BCUT2D eigenvalue weighted by molar-refractivity contribution is -0.108. The summed E-state index contributed by atoms with van der Waals surface area (Å²) in [6.45, 7) is 1.39. The molecule has 0 amide bonds. The van der Waals surface area contributed by atoms with Gasteiger partial charge in [0.2, 0.25) is 0 Å². The van der Waals surface area contributed by atoms with Gasteiger partial charge in [0.05, 0.1) is 5.52 Å². The summed E-state index contributed by atoms with van der Waals surface area (Å²) in [5.74, 6) is 0. The number of benzene rings is 1. The van der Waals surface area contributed by atoms with Gasteiger partial charge in [-0.3, -0.25) is 9.78 Å². The van der Waals surface area contributed by atoms with Gasteiger partial charge in [0, 0.05) is 18.5 Å². The van der Waals surface area contributed by atoms with E-state index in [1.54, 1.807) is 0 Å². The van der Waals surface area contributed by atoms with Crippen LogP contribution in [-0.2, 0) is 4.79 Å². The van der Waals surface area contributed by atoms with Crippen LogP contribution in [0.2, 0.25) is 0 Å². The van der Waals surface area contributed by atoms with Crippen LogP contribution in [0.15, 0.2) is 42.6 Å². The van der Waals surface area contributed by atoms with Crippen molar-refractivity contribution in [1.82, 2.24) is 4.98 Å². The zero-order valence-corrected chi connectivity index (χ0v) is 8.74. The van der Waals surface area contributed by atoms with Gasteiger partial charge < -0.3 is 0 Å². The van der Waals surface area contributed by atoms with Gasteiger partial charge in [-0.25, -0.2) is 0 Å². The number of aromatic nitrogens is 1. The van der Waals surface area contributed by atoms with Crippen LogP contribution in [0.3, 0.4) is 0 Å². The third-order valence-corrected chi connectivity index (χ3v) is 1.51. The van der Waals surface area contributed by atoms with E-state index >= 15 is 0 Å². The molecule has 0 unspecified atom stereocenters. The maximum absolute atomic E-state index is 9.31. The van der Waals surface area contributed by atoms with Gasteiger partial charge in [-0.15, -0.1) is 12.6 Å². The maximum atomic E-state index is 9.31. The smallest absolute Gasteiger partial charge is 0.182 e. The molecule has 2 rings (SSSR count). The number of pyridine rings is 1. The molecule has 0 spiro atoms. The average molecular weight is 205 g/mol. The summed E-state index contributed by atoms with van der Waals surface area (Å²) in [5, 5.41) is 1.06. The Hall–Kier alpha value is -1.35. The number of nitrogens with zero attached hydrogens (tertiary/aromatic N) is 1. The molecule has 1 aromatic carbocycles. The number of fused-ring (bicyclic) bond motifs is 1. The first-order valence-electron chi connectivity index (χ1n) is 4.19. The molecule has 1 heterocycles. The number of thiol groups is 1. The predicted octanol–water partition coefficient (Wildman–Crippen LogP) is 2.70. The first-order chi connectivity index (χ1) is 6.70. The number of carbonyl (C=O) groups is 1. The van der Waals surface area contributed by atoms with Crippen molar-refractivity contribution < 1.29 is 4.79 Å². The van der Waals surface area contributed by atoms with Gasteiger partial charge in [-0.2, -0.15) is 0 Å². The molecule has 0 N–H and O–H groups in total. The molecule has 2 aromatic rings. The van der Waals surface area contributed by atoms with Crippen LogP contribution in [0.5, 0.6) is 0 Å². The van der Waals surface area contributed by atoms with E-state index in [1.807, 2.05) is 30.5 Å². The molecule has 0 fully saturated rings. The van der Waals surface area contributed by atoms with Crippen LogP contribution in [-0.4, -0.2) is 10.1 Å². The van der Waals surface area contributed by atoms with E-state index in [9.17, 15) is 4.79 Å². The molecule has 2 nitrogen and oxygen atoms in total. The van der Waals surface area contributed by atoms with Crippen molar-refractivity contribution in [2.45, 2.75) is 6.92 Å². The summed E-state index contributed by atoms with van der Waals surface area (Å²) in [5.41, 5.74) is 1.06. The first-order valence-corrected chi connectivity index (χ1v) is 4.64. The fourth-order valence-corrected chi connectivity index (χ4v) is 1.02. The van der Waals surface area contributed by atoms with Crippen LogP contribution < -0.4 is 0 Å². The van der Waals surface area contributed by atoms with Crippen LogP contribution in [0.4, 0.5) is 0 Å². The van der Waals surface area contributed by atoms with Crippen LogP contribution >= 0.6 is 12.6 Å². The number of para-hydroxylation sites is 1. The average Bonchev–Trinajstić information content (AvgIpc) is 2.17. The maximum Gasteiger partial charge on any atom is 0.182 e. The molecule has 0 aliphatic heterocycles. The predicted molar refractivity (Wildman–Crippen MR) is 61.4 cm³/mol. The van der Waals surface area contributed by atoms with Crippen molar-refractivity contribution in [2.75, 3.05) is 0 Å². The molecule has 3 heteroatoms. The van der Waals surface area contributed by atoms with Gasteiger partial charge in [0.1, 0.15) is 0 Å². The molecule has 0 aliphatic rings. The first kappa shape index (κ1) is 10.7. The third kappa shape index (κ3) is 3.58. The largest absolute Gasteiger partial charge is 0.288 e. The normalized spacial score (nSPS) is 9.00. The molecular weight excluding hydrogens is 194 g/mol. The molecule has 0 radical (unpaired) electrons. The van der Waals surface area contributed by atoms with Crippen LogP contribution in [0, 0.1) is 0 Å². The lowest BCUT2D eigenvalue weighted by Crippen LogP contribution is -1.73. The van der Waals surface area contributed by atoms with Gasteiger partial charge in [0.15, 0.2) is 5.12 Å². The Kier molecular flexibility index (Phi) is 4.13. The Labute approximate surface area is 88.4 Å². The molecule has 0 saturated heterocycles. The SMILES string of the molecule is CC(=O)S.c1ccc2ncccc2c1. The second-order valence-corrected chi connectivity index (χ2v) is 3.34. The minimum atomic E-state index is -0.139. The molecule has 0 saturated carbocycles. The van der Waals surface area contributed by atoms with E-state index in [2.05, 4.69) is 29.7 Å². The van der Waals surface area contributed by atoms with E-state index in [0.29, 0.717) is 0 Å². The summed E-state index contributed by atoms with van der Waals surface area (Å²) in [6, 6.07) is 12.1. The molecular formula is C11H11NOS. The fourth-order valence-electron chi connectivity index (χ4n) is 1.02. The Balaban J connectivity index is 0.000000213. The van der Waals surface area contributed by atoms with Crippen LogP contribution in [0.25, 0.3) is 10.9 Å². The molecule has 14 heavy (non-hydrogen) atoms. The standard InChI is InChI=1S/C9H7N.C2H4OS/c1-2-6-9-8(4-1)5-3-7-10-9;1-2(3)4/h1-7H;1H3,(H,3,4). The third-order valence-electron chi connectivity index (χ3n) is 1.51. The Bertz CT molecular complexity index is 359. The Morgan fingerprint density at radius 1 is 1.21 bits per heavy atom. The van der Waals surface area contributed by atoms with Crippen LogP contribution in [0.1, 0.15) is 6.92 Å². The summed E-state index contributed by atoms with van der Waals surface area (Å²) < 4.78 is 0. The second kappa shape index (κ2) is 5.40. The van der Waals surface area contributed by atoms with Crippen molar-refractivity contribution in [3.63, 3.8) is 0 Å². The fraction of sp³-hybridized carbons (Fsp3) is 0.0909. The molecule has 1 aromatic heterocycles. The lowest BCUT2D eigenvalue weighted by Gasteiger charge is -1.91. The Morgan fingerprint density at radius 3 is 2.43 bits per heavy atom. The zero-order chi connectivity index (χ0) is 10.4. The summed E-state index contributed by atoms with van der Waals surface area (Å²) in [6.07, 6.45) is 1.81. The monoisotopic (exact) mass is 205 g/mol. The minimum Gasteiger partial charge on any atom is -0.288 e. The zero-order valence-electron chi connectivity index (χ0n) is 7.84. The highest BCUT2D eigenvalue weighted by molar-refractivity contribution is 7.96. The summed E-state index contributed by atoms with van der Waals surface area (Å²) >= 11 is 3.33. The quantitative estimate of drug-likeness (QED) is 0.670. The number of hydrogen-bond acceptors (Lipinski definition) is 2. The number of rotatable bonds is 0. The van der Waals surface area contributed by atoms with Gasteiger partial charge in [-0.05, 0) is 12.1 Å².